The van der Waals surface area contributed by atoms with Crippen LogP contribution >= 0.6 is 0 Å². The summed E-state index contributed by atoms with van der Waals surface area (Å²) in [5.74, 6) is -0.822. The van der Waals surface area contributed by atoms with Gasteiger partial charge in [-0.3, -0.25) is 9.69 Å². The zero-order chi connectivity index (χ0) is 13.3. The molecule has 0 bridgehead atoms. The van der Waals surface area contributed by atoms with E-state index in [1.807, 2.05) is 20.8 Å². The molecule has 0 aromatic rings. The minimum Gasteiger partial charge on any atom is -0.480 e. The fourth-order valence-electron chi connectivity index (χ4n) is 2.41. The summed E-state index contributed by atoms with van der Waals surface area (Å²) in [4.78, 5) is 13.4. The molecule has 1 fully saturated rings. The van der Waals surface area contributed by atoms with Crippen LogP contribution in [0.2, 0.25) is 0 Å². The van der Waals surface area contributed by atoms with Crippen molar-refractivity contribution in [2.24, 2.45) is 0 Å². The third kappa shape index (κ3) is 3.66. The molecular formula is C12H24N2O3. The molecule has 0 aromatic carbocycles. The lowest BCUT2D eigenvalue weighted by atomic mass is 9.99. The molecule has 2 unspecified atom stereocenters. The second kappa shape index (κ2) is 4.92. The van der Waals surface area contributed by atoms with Crippen LogP contribution in [-0.4, -0.2) is 59.9 Å². The molecule has 0 aromatic heterocycles. The molecule has 17 heavy (non-hydrogen) atoms. The van der Waals surface area contributed by atoms with E-state index in [4.69, 9.17) is 4.74 Å². The quantitative estimate of drug-likeness (QED) is 0.756. The highest BCUT2D eigenvalue weighted by Gasteiger charge is 2.38. The van der Waals surface area contributed by atoms with Gasteiger partial charge in [0.25, 0.3) is 0 Å². The number of nitrogens with zero attached hydrogens (tertiary/aromatic N) is 1. The van der Waals surface area contributed by atoms with Crippen molar-refractivity contribution in [3.8, 4) is 0 Å². The predicted molar refractivity (Wildman–Crippen MR) is 66.2 cm³/mol. The zero-order valence-electron chi connectivity index (χ0n) is 11.4. The lowest BCUT2D eigenvalue weighted by molar-refractivity contribution is -0.151. The highest BCUT2D eigenvalue weighted by molar-refractivity contribution is 5.78. The number of carboxylic acid groups (broad SMARTS) is 1. The number of nitrogens with one attached hydrogen (secondary N) is 1. The molecule has 0 aliphatic carbocycles. The first-order valence-corrected chi connectivity index (χ1v) is 6.01. The van der Waals surface area contributed by atoms with E-state index in [0.29, 0.717) is 6.54 Å². The Labute approximate surface area is 103 Å². The van der Waals surface area contributed by atoms with Crippen molar-refractivity contribution in [3.05, 3.63) is 0 Å². The van der Waals surface area contributed by atoms with Crippen LogP contribution in [0.25, 0.3) is 0 Å². The number of hydrogen-bond donors (Lipinski definition) is 2. The second-order valence-electron chi connectivity index (χ2n) is 5.75. The van der Waals surface area contributed by atoms with Crippen LogP contribution in [0.1, 0.15) is 27.7 Å². The van der Waals surface area contributed by atoms with Gasteiger partial charge in [0, 0.05) is 19.6 Å². The molecule has 5 heteroatoms. The maximum atomic E-state index is 11.2. The van der Waals surface area contributed by atoms with Crippen LogP contribution in [0.15, 0.2) is 0 Å². The molecule has 1 rings (SSSR count). The minimum atomic E-state index is -0.910. The van der Waals surface area contributed by atoms with Crippen molar-refractivity contribution in [3.63, 3.8) is 0 Å². The number of aliphatic carboxylic acids is 1. The number of likely N-dealkylation sites (N-methyl/N-ethyl adjacent to an activating group) is 1. The smallest absolute Gasteiger partial charge is 0.324 e. The van der Waals surface area contributed by atoms with Gasteiger partial charge in [-0.2, -0.15) is 0 Å². The summed E-state index contributed by atoms with van der Waals surface area (Å²) >= 11 is 0. The van der Waals surface area contributed by atoms with Gasteiger partial charge in [0.1, 0.15) is 5.54 Å². The second-order valence-corrected chi connectivity index (χ2v) is 5.75. The van der Waals surface area contributed by atoms with E-state index < -0.39 is 11.5 Å². The molecular weight excluding hydrogens is 220 g/mol. The maximum Gasteiger partial charge on any atom is 0.324 e. The first-order valence-electron chi connectivity index (χ1n) is 6.01. The van der Waals surface area contributed by atoms with Crippen LogP contribution in [0, 0.1) is 0 Å². The number of rotatable bonds is 4. The van der Waals surface area contributed by atoms with Crippen molar-refractivity contribution < 1.29 is 14.6 Å². The van der Waals surface area contributed by atoms with Crippen molar-refractivity contribution in [2.75, 3.05) is 26.7 Å². The van der Waals surface area contributed by atoms with Gasteiger partial charge in [-0.25, -0.2) is 0 Å². The molecule has 2 N–H and O–H groups in total. The Morgan fingerprint density at radius 2 is 2.24 bits per heavy atom. The van der Waals surface area contributed by atoms with Gasteiger partial charge < -0.3 is 15.2 Å². The Kier molecular flexibility index (Phi) is 4.17. The highest BCUT2D eigenvalue weighted by atomic mass is 16.5. The van der Waals surface area contributed by atoms with Gasteiger partial charge in [0.05, 0.1) is 11.7 Å². The van der Waals surface area contributed by atoms with Crippen LogP contribution in [0.3, 0.4) is 0 Å². The number of morpholine rings is 1. The number of ether oxygens (including phenoxy) is 1. The summed E-state index contributed by atoms with van der Waals surface area (Å²) in [7, 11) is 1.68. The average Bonchev–Trinajstić information content (AvgIpc) is 2.13. The topological polar surface area (TPSA) is 61.8 Å². The predicted octanol–water partition coefficient (Wildman–Crippen LogP) is 0.548. The highest BCUT2D eigenvalue weighted by Crippen LogP contribution is 2.22. The molecule has 0 radical (unpaired) electrons. The van der Waals surface area contributed by atoms with E-state index in [9.17, 15) is 9.90 Å². The van der Waals surface area contributed by atoms with E-state index >= 15 is 0 Å². The summed E-state index contributed by atoms with van der Waals surface area (Å²) in [6.45, 7) is 9.81. The monoisotopic (exact) mass is 244 g/mol. The fourth-order valence-corrected chi connectivity index (χ4v) is 2.41. The van der Waals surface area contributed by atoms with Crippen LogP contribution in [0.5, 0.6) is 0 Å². The Morgan fingerprint density at radius 1 is 1.65 bits per heavy atom. The fraction of sp³-hybridized carbons (Fsp3) is 0.917. The SMILES string of the molecule is CNC(C)(CN1CC(C)OC(C)(C)C1)C(=O)O. The summed E-state index contributed by atoms with van der Waals surface area (Å²) in [5.41, 5.74) is -1.13. The van der Waals surface area contributed by atoms with E-state index in [1.54, 1.807) is 14.0 Å². The lowest BCUT2D eigenvalue weighted by Gasteiger charge is -2.44. The first kappa shape index (κ1) is 14.4. The summed E-state index contributed by atoms with van der Waals surface area (Å²) in [6.07, 6.45) is 0.133. The van der Waals surface area contributed by atoms with Gasteiger partial charge in [-0.1, -0.05) is 0 Å². The molecule has 1 saturated heterocycles. The van der Waals surface area contributed by atoms with Crippen LogP contribution in [-0.2, 0) is 9.53 Å². The van der Waals surface area contributed by atoms with Gasteiger partial charge >= 0.3 is 5.97 Å². The third-order valence-electron chi connectivity index (χ3n) is 3.20. The number of carboxylic acids is 1. The molecule has 0 saturated carbocycles. The molecule has 0 spiro atoms. The van der Waals surface area contributed by atoms with Crippen LogP contribution < -0.4 is 5.32 Å². The van der Waals surface area contributed by atoms with Gasteiger partial charge in [0.15, 0.2) is 0 Å². The standard InChI is InChI=1S/C12H24N2O3/c1-9-6-14(7-11(2,3)17-9)8-12(4,13-5)10(15)16/h9,13H,6-8H2,1-5H3,(H,15,16). The van der Waals surface area contributed by atoms with Crippen molar-refractivity contribution in [1.82, 2.24) is 10.2 Å². The Hall–Kier alpha value is -0.650. The molecule has 1 aliphatic rings. The number of carbonyl (C=O) groups is 1. The number of hydrogen-bond acceptors (Lipinski definition) is 4. The molecule has 1 heterocycles. The normalized spacial score (nSPS) is 28.6. The third-order valence-corrected chi connectivity index (χ3v) is 3.20. The summed E-state index contributed by atoms with van der Waals surface area (Å²) < 4.78 is 5.80. The van der Waals surface area contributed by atoms with Gasteiger partial charge in [0.2, 0.25) is 0 Å². The van der Waals surface area contributed by atoms with E-state index in [1.165, 1.54) is 0 Å². The lowest BCUT2D eigenvalue weighted by Crippen LogP contribution is -2.60. The summed E-state index contributed by atoms with van der Waals surface area (Å²) in [5, 5.41) is 12.1. The van der Waals surface area contributed by atoms with E-state index in [2.05, 4.69) is 10.2 Å². The molecule has 0 amide bonds. The van der Waals surface area contributed by atoms with Crippen molar-refractivity contribution >= 4 is 5.97 Å². The maximum absolute atomic E-state index is 11.2. The largest absolute Gasteiger partial charge is 0.480 e. The Bertz CT molecular complexity index is 293. The van der Waals surface area contributed by atoms with Crippen LogP contribution in [0.4, 0.5) is 0 Å². The molecule has 1 aliphatic heterocycles. The van der Waals surface area contributed by atoms with Crippen molar-refractivity contribution in [1.29, 1.82) is 0 Å². The summed E-state index contributed by atoms with van der Waals surface area (Å²) in [6, 6.07) is 0. The van der Waals surface area contributed by atoms with E-state index in [-0.39, 0.29) is 11.7 Å². The Balaban J connectivity index is 2.71. The average molecular weight is 244 g/mol. The first-order chi connectivity index (χ1) is 7.68. The van der Waals surface area contributed by atoms with Crippen molar-refractivity contribution in [2.45, 2.75) is 44.9 Å². The Morgan fingerprint density at radius 3 is 2.65 bits per heavy atom. The molecule has 5 nitrogen and oxygen atoms in total. The molecule has 100 valence electrons. The van der Waals surface area contributed by atoms with E-state index in [0.717, 1.165) is 13.1 Å². The van der Waals surface area contributed by atoms with Gasteiger partial charge in [-0.15, -0.1) is 0 Å². The minimum absolute atomic E-state index is 0.133. The van der Waals surface area contributed by atoms with Gasteiger partial charge in [-0.05, 0) is 34.7 Å². The molecule has 2 atom stereocenters. The zero-order valence-corrected chi connectivity index (χ0v) is 11.4.